The monoisotopic (exact) mass is 222 g/mol. The van der Waals surface area contributed by atoms with E-state index in [-0.39, 0.29) is 7.42 Å². The molecule has 1 heterocycles. The molecule has 0 aromatic carbocycles. The molecule has 0 aromatic rings. The van der Waals surface area contributed by atoms with Crippen LogP contribution in [0.15, 0.2) is 0 Å². The fourth-order valence-electron chi connectivity index (χ4n) is 1.71. The Balaban J connectivity index is 2.36. The Morgan fingerprint density at radius 1 is 1.33 bits per heavy atom. The summed E-state index contributed by atoms with van der Waals surface area (Å²) in [7, 11) is -0.794. The van der Waals surface area contributed by atoms with E-state index in [4.69, 9.17) is 0 Å². The third-order valence-electron chi connectivity index (χ3n) is 2.81. The van der Waals surface area contributed by atoms with Crippen molar-refractivity contribution >= 4 is 30.8 Å². The van der Waals surface area contributed by atoms with E-state index >= 15 is 0 Å². The summed E-state index contributed by atoms with van der Waals surface area (Å²) in [6.45, 7) is 4.78. The zero-order valence-electron chi connectivity index (χ0n) is 6.28. The topological polar surface area (TPSA) is 0 Å². The molecule has 1 fully saturated rings. The highest BCUT2D eigenvalue weighted by molar-refractivity contribution is 9.24. The van der Waals surface area contributed by atoms with Crippen LogP contribution in [0.2, 0.25) is 23.4 Å². The smallest absolute Gasteiger partial charge is 0.109 e. The van der Waals surface area contributed by atoms with Crippen molar-refractivity contribution < 1.29 is 0 Å². The minimum Gasteiger partial charge on any atom is -0.131 e. The van der Waals surface area contributed by atoms with Gasteiger partial charge in [-0.25, -0.2) is 0 Å². The SMILES string of the molecule is CC[Si]1(CC)C[SiH](Br)C1. The lowest BCUT2D eigenvalue weighted by Crippen LogP contribution is -2.49. The predicted octanol–water partition coefficient (Wildman–Crippen LogP) is 2.69. The molecule has 0 saturated carbocycles. The number of hydrogen-bond acceptors (Lipinski definition) is 0. The molecule has 54 valence electrons. The van der Waals surface area contributed by atoms with Gasteiger partial charge >= 0.3 is 0 Å². The lowest BCUT2D eigenvalue weighted by Gasteiger charge is -2.41. The van der Waals surface area contributed by atoms with Crippen molar-refractivity contribution in [1.29, 1.82) is 0 Å². The summed E-state index contributed by atoms with van der Waals surface area (Å²) in [5, 5.41) is 0. The first-order chi connectivity index (χ1) is 4.22. The van der Waals surface area contributed by atoms with Gasteiger partial charge in [-0.15, -0.1) is 15.3 Å². The van der Waals surface area contributed by atoms with Gasteiger partial charge in [0.2, 0.25) is 0 Å². The van der Waals surface area contributed by atoms with Crippen LogP contribution in [-0.2, 0) is 0 Å². The second-order valence-electron chi connectivity index (χ2n) is 3.21. The van der Waals surface area contributed by atoms with Crippen LogP contribution in [0.25, 0.3) is 0 Å². The summed E-state index contributed by atoms with van der Waals surface area (Å²) >= 11 is 3.79. The van der Waals surface area contributed by atoms with Gasteiger partial charge in [0.15, 0.2) is 0 Å². The lowest BCUT2D eigenvalue weighted by molar-refractivity contribution is 1.19. The van der Waals surface area contributed by atoms with Crippen molar-refractivity contribution in [3.8, 4) is 0 Å². The van der Waals surface area contributed by atoms with Crippen molar-refractivity contribution in [2.75, 3.05) is 0 Å². The Labute approximate surface area is 68.2 Å². The molecule has 3 heteroatoms. The van der Waals surface area contributed by atoms with E-state index < -0.39 is 8.07 Å². The van der Waals surface area contributed by atoms with Gasteiger partial charge < -0.3 is 0 Å². The lowest BCUT2D eigenvalue weighted by atomic mass is 10.9. The molecule has 1 saturated heterocycles. The molecule has 0 amide bonds. The summed E-state index contributed by atoms with van der Waals surface area (Å²) in [6.07, 6.45) is 0. The van der Waals surface area contributed by atoms with Crippen LogP contribution in [-0.4, -0.2) is 15.5 Å². The van der Waals surface area contributed by atoms with E-state index in [9.17, 15) is 0 Å². The van der Waals surface area contributed by atoms with Crippen LogP contribution in [0, 0.1) is 0 Å². The first-order valence-corrected chi connectivity index (χ1v) is 11.5. The van der Waals surface area contributed by atoms with Gasteiger partial charge in [-0.05, 0) is 0 Å². The van der Waals surface area contributed by atoms with Crippen LogP contribution in [0.3, 0.4) is 0 Å². The maximum Gasteiger partial charge on any atom is 0.109 e. The molecule has 0 unspecified atom stereocenters. The minimum atomic E-state index is -0.539. The van der Waals surface area contributed by atoms with E-state index in [1.807, 2.05) is 0 Å². The quantitative estimate of drug-likeness (QED) is 0.499. The van der Waals surface area contributed by atoms with E-state index in [1.54, 1.807) is 23.4 Å². The van der Waals surface area contributed by atoms with E-state index in [1.165, 1.54) is 0 Å². The van der Waals surface area contributed by atoms with Crippen LogP contribution in [0.1, 0.15) is 13.8 Å². The average molecular weight is 223 g/mol. The predicted molar refractivity (Wildman–Crippen MR) is 52.4 cm³/mol. The van der Waals surface area contributed by atoms with Gasteiger partial charge in [-0.3, -0.25) is 0 Å². The Kier molecular flexibility index (Phi) is 2.57. The van der Waals surface area contributed by atoms with Gasteiger partial charge in [-0.1, -0.05) is 37.3 Å². The van der Waals surface area contributed by atoms with Crippen LogP contribution in [0.4, 0.5) is 0 Å². The van der Waals surface area contributed by atoms with E-state index in [2.05, 4.69) is 29.1 Å². The molecule has 0 N–H and O–H groups in total. The zero-order valence-corrected chi connectivity index (χ0v) is 10.0. The second-order valence-corrected chi connectivity index (χ2v) is 16.0. The fourth-order valence-corrected chi connectivity index (χ4v) is 26.2. The van der Waals surface area contributed by atoms with Crippen LogP contribution < -0.4 is 0 Å². The Hall–Kier alpha value is 0.914. The number of rotatable bonds is 2. The van der Waals surface area contributed by atoms with Crippen molar-refractivity contribution in [1.82, 2.24) is 0 Å². The first kappa shape index (κ1) is 8.01. The fraction of sp³-hybridized carbons (Fsp3) is 1.00. The standard InChI is InChI=1S/C6H15BrSi2/c1-3-9(4-2)5-8(7)6-9/h8H,3-6H2,1-2H3. The maximum atomic E-state index is 3.79. The summed E-state index contributed by atoms with van der Waals surface area (Å²) in [5.74, 6) is 0. The molecule has 1 rings (SSSR count). The summed E-state index contributed by atoms with van der Waals surface area (Å²) in [4.78, 5) is 0. The highest BCUT2D eigenvalue weighted by atomic mass is 79.9. The number of hydrogen-bond donors (Lipinski definition) is 0. The molecule has 1 aliphatic rings. The van der Waals surface area contributed by atoms with Gasteiger partial charge in [0.25, 0.3) is 0 Å². The van der Waals surface area contributed by atoms with Crippen molar-refractivity contribution in [2.45, 2.75) is 37.3 Å². The summed E-state index contributed by atoms with van der Waals surface area (Å²) < 4.78 is 0. The van der Waals surface area contributed by atoms with Crippen LogP contribution >= 0.6 is 15.3 Å². The third-order valence-corrected chi connectivity index (χ3v) is 22.1. The first-order valence-electron chi connectivity index (χ1n) is 3.86. The molecule has 0 atom stereocenters. The van der Waals surface area contributed by atoms with E-state index in [0.717, 1.165) is 0 Å². The Morgan fingerprint density at radius 3 is 1.89 bits per heavy atom. The average Bonchev–Trinajstić information content (AvgIpc) is 1.81. The van der Waals surface area contributed by atoms with Crippen molar-refractivity contribution in [2.24, 2.45) is 0 Å². The second kappa shape index (κ2) is 2.88. The molecule has 9 heavy (non-hydrogen) atoms. The molecule has 0 aliphatic carbocycles. The Morgan fingerprint density at radius 2 is 1.78 bits per heavy atom. The normalized spacial score (nSPS) is 25.7. The highest BCUT2D eigenvalue weighted by Gasteiger charge is 2.42. The molecular weight excluding hydrogens is 208 g/mol. The molecule has 0 aromatic heterocycles. The summed E-state index contributed by atoms with van der Waals surface area (Å²) in [6, 6.07) is 3.08. The zero-order chi connectivity index (χ0) is 6.91. The van der Waals surface area contributed by atoms with Gasteiger partial charge in [0.1, 0.15) is 7.42 Å². The molecule has 0 radical (unpaired) electrons. The van der Waals surface area contributed by atoms with Crippen LogP contribution in [0.5, 0.6) is 0 Å². The molecule has 0 nitrogen and oxygen atoms in total. The van der Waals surface area contributed by atoms with Gasteiger partial charge in [0, 0.05) is 8.07 Å². The maximum absolute atomic E-state index is 3.79. The van der Waals surface area contributed by atoms with Gasteiger partial charge in [-0.2, -0.15) is 0 Å². The summed E-state index contributed by atoms with van der Waals surface area (Å²) in [5.41, 5.74) is 3.36. The molecule has 1 aliphatic heterocycles. The minimum absolute atomic E-state index is 0.255. The largest absolute Gasteiger partial charge is 0.131 e. The van der Waals surface area contributed by atoms with E-state index in [0.29, 0.717) is 0 Å². The van der Waals surface area contributed by atoms with Crippen molar-refractivity contribution in [3.63, 3.8) is 0 Å². The Bertz CT molecular complexity index is 93.2. The van der Waals surface area contributed by atoms with Gasteiger partial charge in [0.05, 0.1) is 0 Å². The highest BCUT2D eigenvalue weighted by Crippen LogP contribution is 2.40. The number of halogens is 1. The molecule has 0 bridgehead atoms. The van der Waals surface area contributed by atoms with Crippen molar-refractivity contribution in [3.05, 3.63) is 0 Å². The molecular formula is C6H15BrSi2. The molecule has 0 spiro atoms. The third kappa shape index (κ3) is 1.49.